The Kier molecular flexibility index (Phi) is 7.65. The van der Waals surface area contributed by atoms with E-state index in [9.17, 15) is 14.4 Å². The fourth-order valence-electron chi connectivity index (χ4n) is 4.39. The predicted molar refractivity (Wildman–Crippen MR) is 145 cm³/mol. The first-order chi connectivity index (χ1) is 19.4. The normalized spacial score (nSPS) is 14.0. The number of nitriles is 1. The van der Waals surface area contributed by atoms with Gasteiger partial charge in [-0.2, -0.15) is 5.26 Å². The van der Waals surface area contributed by atoms with E-state index in [1.165, 1.54) is 12.1 Å². The Balaban J connectivity index is 1.36. The highest BCUT2D eigenvalue weighted by atomic mass is 19.1. The maximum atomic E-state index is 13.1. The van der Waals surface area contributed by atoms with Crippen LogP contribution >= 0.6 is 0 Å². The Labute approximate surface area is 230 Å². The van der Waals surface area contributed by atoms with Crippen molar-refractivity contribution in [2.75, 3.05) is 6.61 Å². The van der Waals surface area contributed by atoms with E-state index in [0.29, 0.717) is 35.0 Å². The molecule has 0 fully saturated rings. The van der Waals surface area contributed by atoms with Gasteiger partial charge in [-0.05, 0) is 66.6 Å². The standard InChI is InChI=1S/C32H25FN2O5/c1-2-37-25-5-3-4-22(16-25)32(36)39-26-14-15-27-29(17-26)40-31(35)28(18-34)30(27)21-8-12-24(13-9-21)38-19-20-6-10-23(33)11-7-20/h3-17,30H,2,19,35H2,1H3. The summed E-state index contributed by atoms with van der Waals surface area (Å²) in [6.45, 7) is 2.63. The molecule has 0 saturated carbocycles. The number of benzene rings is 4. The number of hydrogen-bond donors (Lipinski definition) is 1. The van der Waals surface area contributed by atoms with Crippen LogP contribution in [0.25, 0.3) is 0 Å². The van der Waals surface area contributed by atoms with Gasteiger partial charge in [-0.3, -0.25) is 0 Å². The second-order valence-electron chi connectivity index (χ2n) is 8.96. The minimum Gasteiger partial charge on any atom is -0.494 e. The zero-order valence-corrected chi connectivity index (χ0v) is 21.6. The lowest BCUT2D eigenvalue weighted by Crippen LogP contribution is -2.21. The van der Waals surface area contributed by atoms with E-state index in [0.717, 1.165) is 11.1 Å². The van der Waals surface area contributed by atoms with E-state index in [4.69, 9.17) is 24.7 Å². The monoisotopic (exact) mass is 536 g/mol. The van der Waals surface area contributed by atoms with Gasteiger partial charge in [0.15, 0.2) is 0 Å². The molecule has 5 rings (SSSR count). The molecule has 1 aliphatic heterocycles. The summed E-state index contributed by atoms with van der Waals surface area (Å²) in [5.74, 6) is 0.467. The Hall–Kier alpha value is -5.29. The van der Waals surface area contributed by atoms with Gasteiger partial charge in [0.1, 0.15) is 47.1 Å². The average molecular weight is 537 g/mol. The fraction of sp³-hybridized carbons (Fsp3) is 0.125. The fourth-order valence-corrected chi connectivity index (χ4v) is 4.39. The summed E-state index contributed by atoms with van der Waals surface area (Å²) >= 11 is 0. The van der Waals surface area contributed by atoms with E-state index >= 15 is 0 Å². The van der Waals surface area contributed by atoms with Gasteiger partial charge in [-0.25, -0.2) is 9.18 Å². The van der Waals surface area contributed by atoms with Crippen molar-refractivity contribution in [1.29, 1.82) is 5.26 Å². The smallest absolute Gasteiger partial charge is 0.343 e. The topological polar surface area (TPSA) is 104 Å². The van der Waals surface area contributed by atoms with Gasteiger partial charge >= 0.3 is 5.97 Å². The lowest BCUT2D eigenvalue weighted by molar-refractivity contribution is 0.0734. The molecule has 4 aromatic rings. The van der Waals surface area contributed by atoms with Crippen molar-refractivity contribution in [2.45, 2.75) is 19.4 Å². The molecule has 0 amide bonds. The van der Waals surface area contributed by atoms with Crippen molar-refractivity contribution in [1.82, 2.24) is 0 Å². The van der Waals surface area contributed by atoms with Gasteiger partial charge < -0.3 is 24.7 Å². The third-order valence-corrected chi connectivity index (χ3v) is 6.31. The van der Waals surface area contributed by atoms with E-state index in [1.807, 2.05) is 19.1 Å². The quantitative estimate of drug-likeness (QED) is 0.210. The lowest BCUT2D eigenvalue weighted by atomic mass is 9.83. The third-order valence-electron chi connectivity index (χ3n) is 6.31. The molecule has 0 aromatic heterocycles. The van der Waals surface area contributed by atoms with E-state index < -0.39 is 11.9 Å². The van der Waals surface area contributed by atoms with Crippen molar-refractivity contribution in [3.8, 4) is 29.1 Å². The second kappa shape index (κ2) is 11.6. The van der Waals surface area contributed by atoms with Gasteiger partial charge in [0, 0.05) is 11.6 Å². The van der Waals surface area contributed by atoms with Gasteiger partial charge in [0.25, 0.3) is 0 Å². The van der Waals surface area contributed by atoms with Crippen LogP contribution in [0.5, 0.6) is 23.0 Å². The molecule has 1 unspecified atom stereocenters. The maximum Gasteiger partial charge on any atom is 0.343 e. The summed E-state index contributed by atoms with van der Waals surface area (Å²) in [6.07, 6.45) is 0. The SMILES string of the molecule is CCOc1cccc(C(=O)Oc2ccc3c(c2)OC(N)=C(C#N)C3c2ccc(OCc3ccc(F)cc3)cc2)c1. The van der Waals surface area contributed by atoms with Gasteiger partial charge in [0.2, 0.25) is 5.88 Å². The van der Waals surface area contributed by atoms with E-state index in [1.54, 1.807) is 66.7 Å². The van der Waals surface area contributed by atoms with Crippen molar-refractivity contribution < 1.29 is 28.1 Å². The van der Waals surface area contributed by atoms with E-state index in [-0.39, 0.29) is 29.6 Å². The average Bonchev–Trinajstić information content (AvgIpc) is 2.97. The molecule has 1 atom stereocenters. The molecule has 1 aliphatic rings. The lowest BCUT2D eigenvalue weighted by Gasteiger charge is -2.26. The Bertz CT molecular complexity index is 1610. The number of ether oxygens (including phenoxy) is 4. The number of allylic oxidation sites excluding steroid dienone is 1. The van der Waals surface area contributed by atoms with Crippen LogP contribution in [-0.4, -0.2) is 12.6 Å². The molecule has 40 heavy (non-hydrogen) atoms. The van der Waals surface area contributed by atoms with Crippen molar-refractivity contribution >= 4 is 5.97 Å². The van der Waals surface area contributed by atoms with Crippen molar-refractivity contribution in [2.24, 2.45) is 5.73 Å². The molecule has 0 radical (unpaired) electrons. The number of halogens is 1. The van der Waals surface area contributed by atoms with Gasteiger partial charge in [-0.1, -0.05) is 36.4 Å². The highest BCUT2D eigenvalue weighted by Gasteiger charge is 2.31. The minimum absolute atomic E-state index is 0.0236. The molecule has 8 heteroatoms. The number of esters is 1. The Morgan fingerprint density at radius 2 is 1.70 bits per heavy atom. The Morgan fingerprint density at radius 1 is 0.950 bits per heavy atom. The third kappa shape index (κ3) is 5.74. The van der Waals surface area contributed by atoms with Crippen LogP contribution in [0.4, 0.5) is 4.39 Å². The first-order valence-corrected chi connectivity index (χ1v) is 12.6. The summed E-state index contributed by atoms with van der Waals surface area (Å²) in [5, 5.41) is 9.86. The molecular formula is C32H25FN2O5. The van der Waals surface area contributed by atoms with Crippen LogP contribution in [0, 0.1) is 17.1 Å². The van der Waals surface area contributed by atoms with Crippen LogP contribution in [0.3, 0.4) is 0 Å². The van der Waals surface area contributed by atoms with Crippen LogP contribution < -0.4 is 24.7 Å². The van der Waals surface area contributed by atoms with Crippen molar-refractivity contribution in [3.63, 3.8) is 0 Å². The molecule has 0 spiro atoms. The highest BCUT2D eigenvalue weighted by Crippen LogP contribution is 2.43. The summed E-state index contributed by atoms with van der Waals surface area (Å²) in [7, 11) is 0. The Morgan fingerprint density at radius 3 is 2.42 bits per heavy atom. The van der Waals surface area contributed by atoms with Crippen LogP contribution in [0.2, 0.25) is 0 Å². The molecule has 4 aromatic carbocycles. The zero-order chi connectivity index (χ0) is 28.1. The molecule has 2 N–H and O–H groups in total. The zero-order valence-electron chi connectivity index (χ0n) is 21.6. The summed E-state index contributed by atoms with van der Waals surface area (Å²) in [5.41, 5.74) is 9.08. The summed E-state index contributed by atoms with van der Waals surface area (Å²) in [4.78, 5) is 12.8. The number of rotatable bonds is 8. The number of nitrogens with zero attached hydrogens (tertiary/aromatic N) is 1. The summed E-state index contributed by atoms with van der Waals surface area (Å²) < 4.78 is 35.8. The molecule has 0 saturated heterocycles. The molecule has 0 aliphatic carbocycles. The number of fused-ring (bicyclic) bond motifs is 1. The first kappa shape index (κ1) is 26.3. The second-order valence-corrected chi connectivity index (χ2v) is 8.96. The highest BCUT2D eigenvalue weighted by molar-refractivity contribution is 5.91. The van der Waals surface area contributed by atoms with Gasteiger partial charge in [-0.15, -0.1) is 0 Å². The number of carbonyl (C=O) groups excluding carboxylic acids is 1. The predicted octanol–water partition coefficient (Wildman–Crippen LogP) is 6.24. The molecule has 0 bridgehead atoms. The minimum atomic E-state index is -0.550. The maximum absolute atomic E-state index is 13.1. The largest absolute Gasteiger partial charge is 0.494 e. The van der Waals surface area contributed by atoms with Gasteiger partial charge in [0.05, 0.1) is 18.1 Å². The molecule has 1 heterocycles. The first-order valence-electron chi connectivity index (χ1n) is 12.6. The number of carbonyl (C=O) groups is 1. The van der Waals surface area contributed by atoms with E-state index in [2.05, 4.69) is 6.07 Å². The van der Waals surface area contributed by atoms with Crippen LogP contribution in [0.1, 0.15) is 39.9 Å². The van der Waals surface area contributed by atoms with Crippen molar-refractivity contribution in [3.05, 3.63) is 131 Å². The van der Waals surface area contributed by atoms with Crippen LogP contribution in [-0.2, 0) is 6.61 Å². The number of nitrogens with two attached hydrogens (primary N) is 1. The number of hydrogen-bond acceptors (Lipinski definition) is 7. The molecule has 7 nitrogen and oxygen atoms in total. The molecular weight excluding hydrogens is 511 g/mol. The molecule has 200 valence electrons. The summed E-state index contributed by atoms with van der Waals surface area (Å²) in [6, 6.07) is 27.3. The van der Waals surface area contributed by atoms with Crippen LogP contribution in [0.15, 0.2) is 102 Å².